The van der Waals surface area contributed by atoms with Crippen LogP contribution in [-0.2, 0) is 14.8 Å². The third-order valence-electron chi connectivity index (χ3n) is 5.95. The van der Waals surface area contributed by atoms with Gasteiger partial charge in [-0.15, -0.1) is 0 Å². The molecule has 2 aliphatic rings. The van der Waals surface area contributed by atoms with E-state index in [2.05, 4.69) is 10.2 Å². The van der Waals surface area contributed by atoms with Crippen molar-refractivity contribution < 1.29 is 17.9 Å². The summed E-state index contributed by atoms with van der Waals surface area (Å²) in [6.45, 7) is 5.29. The van der Waals surface area contributed by atoms with Crippen LogP contribution in [0.15, 0.2) is 41.3 Å². The first-order valence-electron chi connectivity index (χ1n) is 10.9. The van der Waals surface area contributed by atoms with Crippen LogP contribution < -0.4 is 10.2 Å². The van der Waals surface area contributed by atoms with Crippen LogP contribution in [0.4, 0.5) is 11.4 Å². The second-order valence-corrected chi connectivity index (χ2v) is 10.5. The molecule has 7 nitrogen and oxygen atoms in total. The fourth-order valence-corrected chi connectivity index (χ4v) is 5.79. The van der Waals surface area contributed by atoms with Gasteiger partial charge < -0.3 is 15.0 Å². The van der Waals surface area contributed by atoms with Crippen molar-refractivity contribution in [3.05, 3.63) is 52.5 Å². The maximum atomic E-state index is 13.3. The van der Waals surface area contributed by atoms with E-state index in [9.17, 15) is 13.2 Å². The molecular formula is C23H28ClN3O4S. The van der Waals surface area contributed by atoms with Crippen LogP contribution in [0, 0.1) is 6.92 Å². The summed E-state index contributed by atoms with van der Waals surface area (Å²) in [7, 11) is -3.66. The van der Waals surface area contributed by atoms with Gasteiger partial charge in [0.1, 0.15) is 0 Å². The van der Waals surface area contributed by atoms with E-state index in [-0.39, 0.29) is 10.8 Å². The van der Waals surface area contributed by atoms with Crippen LogP contribution in [0.25, 0.3) is 0 Å². The van der Waals surface area contributed by atoms with Crippen molar-refractivity contribution in [1.29, 1.82) is 0 Å². The van der Waals surface area contributed by atoms with Crippen LogP contribution in [0.1, 0.15) is 35.2 Å². The lowest BCUT2D eigenvalue weighted by Crippen LogP contribution is -2.38. The summed E-state index contributed by atoms with van der Waals surface area (Å²) < 4.78 is 33.4. The number of ether oxygens (including phenoxy) is 1. The lowest BCUT2D eigenvalue weighted by atomic mass is 10.1. The van der Waals surface area contributed by atoms with Crippen LogP contribution >= 0.6 is 11.6 Å². The first kappa shape index (κ1) is 23.0. The van der Waals surface area contributed by atoms with E-state index in [1.165, 1.54) is 10.4 Å². The molecule has 32 heavy (non-hydrogen) atoms. The second-order valence-electron chi connectivity index (χ2n) is 8.16. The highest BCUT2D eigenvalue weighted by Crippen LogP contribution is 2.29. The third-order valence-corrected chi connectivity index (χ3v) is 8.25. The van der Waals surface area contributed by atoms with E-state index in [4.69, 9.17) is 16.3 Å². The average molecular weight is 478 g/mol. The van der Waals surface area contributed by atoms with E-state index < -0.39 is 10.0 Å². The Hall–Kier alpha value is -2.13. The summed E-state index contributed by atoms with van der Waals surface area (Å²) in [6.07, 6.45) is 2.74. The van der Waals surface area contributed by atoms with Gasteiger partial charge in [0.2, 0.25) is 10.0 Å². The number of piperidine rings is 1. The molecule has 1 amide bonds. The monoisotopic (exact) mass is 477 g/mol. The van der Waals surface area contributed by atoms with Gasteiger partial charge in [-0.25, -0.2) is 8.42 Å². The number of halogens is 1. The minimum atomic E-state index is -3.66. The number of carbonyl (C=O) groups is 1. The third kappa shape index (κ3) is 4.93. The molecule has 2 aromatic carbocycles. The Morgan fingerprint density at radius 1 is 1.00 bits per heavy atom. The smallest absolute Gasteiger partial charge is 0.257 e. The SMILES string of the molecule is Cc1ccc(NC(=O)c2cc(S(=O)(=O)N3CCCCC3)ccc2N2CCOCC2)cc1Cl. The molecule has 2 aliphatic heterocycles. The summed E-state index contributed by atoms with van der Waals surface area (Å²) in [5.74, 6) is -0.373. The van der Waals surface area contributed by atoms with E-state index in [0.29, 0.717) is 61.4 Å². The maximum absolute atomic E-state index is 13.3. The van der Waals surface area contributed by atoms with E-state index in [1.54, 1.807) is 24.3 Å². The van der Waals surface area contributed by atoms with Gasteiger partial charge in [0.15, 0.2) is 0 Å². The number of benzene rings is 2. The molecule has 172 valence electrons. The van der Waals surface area contributed by atoms with Crippen molar-refractivity contribution in [2.75, 3.05) is 49.6 Å². The number of sulfonamides is 1. The van der Waals surface area contributed by atoms with E-state index >= 15 is 0 Å². The zero-order chi connectivity index (χ0) is 22.7. The lowest BCUT2D eigenvalue weighted by Gasteiger charge is -2.31. The molecule has 0 saturated carbocycles. The minimum Gasteiger partial charge on any atom is -0.378 e. The normalized spacial score (nSPS) is 17.9. The Kier molecular flexibility index (Phi) is 7.05. The van der Waals surface area contributed by atoms with E-state index in [1.807, 2.05) is 13.0 Å². The summed E-state index contributed by atoms with van der Waals surface area (Å²) >= 11 is 6.21. The van der Waals surface area contributed by atoms with Gasteiger partial charge in [-0.1, -0.05) is 24.1 Å². The van der Waals surface area contributed by atoms with E-state index in [0.717, 1.165) is 24.8 Å². The largest absolute Gasteiger partial charge is 0.378 e. The molecule has 0 aliphatic carbocycles. The Morgan fingerprint density at radius 2 is 1.72 bits per heavy atom. The van der Waals surface area contributed by atoms with Crippen LogP contribution in [0.3, 0.4) is 0 Å². The van der Waals surface area contributed by atoms with Gasteiger partial charge in [0, 0.05) is 42.6 Å². The zero-order valence-corrected chi connectivity index (χ0v) is 19.7. The molecule has 0 spiro atoms. The number of hydrogen-bond acceptors (Lipinski definition) is 5. The quantitative estimate of drug-likeness (QED) is 0.706. The molecule has 2 aromatic rings. The Morgan fingerprint density at radius 3 is 2.41 bits per heavy atom. The van der Waals surface area contributed by atoms with Crippen molar-refractivity contribution >= 4 is 38.9 Å². The molecule has 1 N–H and O–H groups in total. The van der Waals surface area contributed by atoms with Crippen molar-refractivity contribution in [2.24, 2.45) is 0 Å². The number of amides is 1. The van der Waals surface area contributed by atoms with Crippen molar-refractivity contribution in [2.45, 2.75) is 31.1 Å². The molecular weight excluding hydrogens is 450 g/mol. The van der Waals surface area contributed by atoms with Crippen LogP contribution in [0.2, 0.25) is 5.02 Å². The maximum Gasteiger partial charge on any atom is 0.257 e. The first-order chi connectivity index (χ1) is 15.4. The fourth-order valence-electron chi connectivity index (χ4n) is 4.06. The lowest BCUT2D eigenvalue weighted by molar-refractivity contribution is 0.102. The number of carbonyl (C=O) groups excluding carboxylic acids is 1. The molecule has 2 fully saturated rings. The standard InChI is InChI=1S/C23H28ClN3O4S/c1-17-5-6-18(15-21(17)24)25-23(28)20-16-19(32(29,30)27-9-3-2-4-10-27)7-8-22(20)26-11-13-31-14-12-26/h5-8,15-16H,2-4,9-14H2,1H3,(H,25,28). The van der Waals surface area contributed by atoms with Crippen molar-refractivity contribution in [3.8, 4) is 0 Å². The second kappa shape index (κ2) is 9.79. The average Bonchev–Trinajstić information content (AvgIpc) is 2.82. The fraction of sp³-hybridized carbons (Fsp3) is 0.435. The molecule has 0 atom stereocenters. The predicted molar refractivity (Wildman–Crippen MR) is 126 cm³/mol. The predicted octanol–water partition coefficient (Wildman–Crippen LogP) is 3.91. The number of hydrogen-bond donors (Lipinski definition) is 1. The number of morpholine rings is 1. The van der Waals surface area contributed by atoms with Crippen molar-refractivity contribution in [3.63, 3.8) is 0 Å². The molecule has 9 heteroatoms. The number of nitrogens with one attached hydrogen (secondary N) is 1. The summed E-state index contributed by atoms with van der Waals surface area (Å²) in [6, 6.07) is 10.1. The van der Waals surface area contributed by atoms with Crippen LogP contribution in [-0.4, -0.2) is 58.0 Å². The highest BCUT2D eigenvalue weighted by atomic mass is 35.5. The highest BCUT2D eigenvalue weighted by molar-refractivity contribution is 7.89. The van der Waals surface area contributed by atoms with Gasteiger partial charge in [-0.3, -0.25) is 4.79 Å². The Bertz CT molecular complexity index is 1090. The summed E-state index contributed by atoms with van der Waals surface area (Å²) in [4.78, 5) is 15.5. The van der Waals surface area contributed by atoms with Gasteiger partial charge in [-0.2, -0.15) is 4.31 Å². The molecule has 2 heterocycles. The molecule has 0 bridgehead atoms. The first-order valence-corrected chi connectivity index (χ1v) is 12.7. The molecule has 2 saturated heterocycles. The summed E-state index contributed by atoms with van der Waals surface area (Å²) in [5, 5.41) is 3.43. The van der Waals surface area contributed by atoms with Gasteiger partial charge in [-0.05, 0) is 55.7 Å². The van der Waals surface area contributed by atoms with Crippen molar-refractivity contribution in [1.82, 2.24) is 4.31 Å². The highest BCUT2D eigenvalue weighted by Gasteiger charge is 2.28. The molecule has 0 aromatic heterocycles. The van der Waals surface area contributed by atoms with Crippen LogP contribution in [0.5, 0.6) is 0 Å². The number of anilines is 2. The zero-order valence-electron chi connectivity index (χ0n) is 18.1. The Labute approximate surface area is 194 Å². The minimum absolute atomic E-state index is 0.142. The molecule has 4 rings (SSSR count). The number of rotatable bonds is 5. The number of aryl methyl sites for hydroxylation is 1. The van der Waals surface area contributed by atoms with Gasteiger partial charge >= 0.3 is 0 Å². The summed E-state index contributed by atoms with van der Waals surface area (Å²) in [5.41, 5.74) is 2.49. The van der Waals surface area contributed by atoms with Gasteiger partial charge in [0.05, 0.1) is 23.7 Å². The molecule has 0 radical (unpaired) electrons. The topological polar surface area (TPSA) is 79.0 Å². The number of nitrogens with zero attached hydrogens (tertiary/aromatic N) is 2. The molecule has 0 unspecified atom stereocenters. The Balaban J connectivity index is 1.70. The van der Waals surface area contributed by atoms with Gasteiger partial charge in [0.25, 0.3) is 5.91 Å².